The first-order valence-corrected chi connectivity index (χ1v) is 19.6. The number of carbonyl (C=O) groups excluding carboxylic acids is 3. The van der Waals surface area contributed by atoms with E-state index < -0.39 is 0 Å². The first-order valence-electron chi connectivity index (χ1n) is 19.6. The third kappa shape index (κ3) is 8.51. The minimum absolute atomic E-state index is 0.0674. The van der Waals surface area contributed by atoms with Crippen LogP contribution >= 0.6 is 0 Å². The molecule has 1 amide bonds. The number of carbonyl (C=O) groups is 3. The monoisotopic (exact) mass is 767 g/mol. The highest BCUT2D eigenvalue weighted by atomic mass is 16.5. The van der Waals surface area contributed by atoms with Gasteiger partial charge in [-0.1, -0.05) is 32.6 Å². The minimum atomic E-state index is -0.386. The van der Waals surface area contributed by atoms with Gasteiger partial charge in [0, 0.05) is 94.3 Å². The predicted molar refractivity (Wildman–Crippen MR) is 217 cm³/mol. The number of Topliss-reactive ketones (excluding diaryl/α,β-unsaturated/α-hetero) is 2. The summed E-state index contributed by atoms with van der Waals surface area (Å²) in [6.45, 7) is 14.2. The molecule has 0 bridgehead atoms. The third-order valence-electron chi connectivity index (χ3n) is 11.4. The maximum absolute atomic E-state index is 13.4. The SMILES string of the molecule is C=C1C2=C(CNC(NC)=C2)C(c2cc(OC)c(CN3CCC4(CC3)CN(C(=O)CCCOc3cccc(C(=O)C(C)C)c3C(C)=O)CCO4)c(OC)c2)=CN1C. The second-order valence-corrected chi connectivity index (χ2v) is 15.3. The fourth-order valence-corrected chi connectivity index (χ4v) is 8.10. The van der Waals surface area contributed by atoms with Gasteiger partial charge in [-0.15, -0.1) is 0 Å². The van der Waals surface area contributed by atoms with Gasteiger partial charge in [-0.3, -0.25) is 19.3 Å². The molecule has 0 radical (unpaired) electrons. The maximum Gasteiger partial charge on any atom is 0.222 e. The highest BCUT2D eigenvalue weighted by Crippen LogP contribution is 2.42. The normalized spacial score (nSPS) is 18.2. The average Bonchev–Trinajstić information content (AvgIpc) is 3.20. The number of dihydropyridines is 1. The number of piperidine rings is 1. The Bertz CT molecular complexity index is 1930. The third-order valence-corrected chi connectivity index (χ3v) is 11.4. The Morgan fingerprint density at radius 2 is 1.77 bits per heavy atom. The average molecular weight is 768 g/mol. The van der Waals surface area contributed by atoms with E-state index in [1.54, 1.807) is 32.4 Å². The molecule has 2 fully saturated rings. The number of methoxy groups -OCH3 is 2. The Morgan fingerprint density at radius 3 is 2.41 bits per heavy atom. The number of benzene rings is 2. The number of rotatable bonds is 14. The van der Waals surface area contributed by atoms with Crippen LogP contribution in [-0.4, -0.2) is 112 Å². The summed E-state index contributed by atoms with van der Waals surface area (Å²) >= 11 is 0. The molecule has 0 saturated carbocycles. The molecule has 2 saturated heterocycles. The molecule has 300 valence electrons. The minimum Gasteiger partial charge on any atom is -0.496 e. The van der Waals surface area contributed by atoms with Crippen LogP contribution in [0.15, 0.2) is 71.9 Å². The van der Waals surface area contributed by atoms with Gasteiger partial charge in [0.25, 0.3) is 0 Å². The van der Waals surface area contributed by atoms with Gasteiger partial charge < -0.3 is 39.4 Å². The molecule has 4 aliphatic heterocycles. The lowest BCUT2D eigenvalue weighted by Crippen LogP contribution is -2.57. The molecular weight excluding hydrogens is 711 g/mol. The topological polar surface area (TPSA) is 122 Å². The molecule has 12 heteroatoms. The quantitative estimate of drug-likeness (QED) is 0.186. The number of likely N-dealkylation sites (tertiary alicyclic amines) is 1. The molecule has 2 aromatic carbocycles. The van der Waals surface area contributed by atoms with Gasteiger partial charge in [0.05, 0.1) is 50.0 Å². The zero-order valence-electron chi connectivity index (χ0n) is 34.0. The molecule has 6 rings (SSSR count). The Labute approximate surface area is 331 Å². The van der Waals surface area contributed by atoms with Crippen molar-refractivity contribution < 1.29 is 33.3 Å². The van der Waals surface area contributed by atoms with Crippen molar-refractivity contribution in [2.45, 2.75) is 58.6 Å². The molecule has 0 atom stereocenters. The van der Waals surface area contributed by atoms with Crippen LogP contribution in [0.25, 0.3) is 5.57 Å². The first kappa shape index (κ1) is 40.6. The number of hydrogen-bond donors (Lipinski definition) is 2. The zero-order chi connectivity index (χ0) is 40.1. The van der Waals surface area contributed by atoms with E-state index in [9.17, 15) is 14.4 Å². The summed E-state index contributed by atoms with van der Waals surface area (Å²) in [4.78, 5) is 45.0. The summed E-state index contributed by atoms with van der Waals surface area (Å²) < 4.78 is 24.4. The van der Waals surface area contributed by atoms with Gasteiger partial charge in [-0.25, -0.2) is 0 Å². The Balaban J connectivity index is 1.06. The van der Waals surface area contributed by atoms with Crippen molar-refractivity contribution >= 4 is 23.0 Å². The lowest BCUT2D eigenvalue weighted by Gasteiger charge is -2.47. The van der Waals surface area contributed by atoms with Crippen LogP contribution < -0.4 is 24.8 Å². The summed E-state index contributed by atoms with van der Waals surface area (Å²) in [5.41, 5.74) is 6.60. The number of ether oxygens (including phenoxy) is 4. The van der Waals surface area contributed by atoms with E-state index in [1.165, 1.54) is 12.5 Å². The van der Waals surface area contributed by atoms with E-state index in [0.29, 0.717) is 62.5 Å². The van der Waals surface area contributed by atoms with Gasteiger partial charge in [0.2, 0.25) is 5.91 Å². The lowest BCUT2D eigenvalue weighted by atomic mass is 9.87. The number of ketones is 2. The van der Waals surface area contributed by atoms with E-state index in [0.717, 1.165) is 71.2 Å². The number of hydrogen-bond acceptors (Lipinski definition) is 11. The molecule has 56 heavy (non-hydrogen) atoms. The van der Waals surface area contributed by atoms with Crippen LogP contribution in [-0.2, 0) is 16.1 Å². The standard InChI is InChI=1S/C44H57N5O7/c1-28(2)43(52)32-11-9-12-37(42(32)30(4)50)55-19-10-13-41(51)49-18-20-56-44(27-49)14-16-48(17-15-44)26-36-38(53-7)21-31(22-39(36)54-8)35-25-47(6)29(3)33-23-40(45-5)46-24-34(33)35/h9,11-12,21-23,25,28,45-46H,3,10,13-20,24,26-27H2,1-2,4-8H3. The second kappa shape index (κ2) is 17.4. The molecule has 2 aromatic rings. The fraction of sp³-hybridized carbons (Fsp3) is 0.477. The van der Waals surface area contributed by atoms with Crippen LogP contribution in [0.1, 0.15) is 78.3 Å². The van der Waals surface area contributed by atoms with E-state index in [2.05, 4.69) is 51.4 Å². The van der Waals surface area contributed by atoms with E-state index in [-0.39, 0.29) is 35.6 Å². The van der Waals surface area contributed by atoms with Gasteiger partial charge in [0.15, 0.2) is 11.6 Å². The van der Waals surface area contributed by atoms with E-state index in [4.69, 9.17) is 18.9 Å². The van der Waals surface area contributed by atoms with Crippen LogP contribution in [0.5, 0.6) is 17.2 Å². The van der Waals surface area contributed by atoms with E-state index >= 15 is 0 Å². The second-order valence-electron chi connectivity index (χ2n) is 15.3. The Hall–Kier alpha value is -5.07. The Morgan fingerprint density at radius 1 is 1.05 bits per heavy atom. The largest absolute Gasteiger partial charge is 0.496 e. The molecule has 0 unspecified atom stereocenters. The number of amides is 1. The van der Waals surface area contributed by atoms with Gasteiger partial charge >= 0.3 is 0 Å². The summed E-state index contributed by atoms with van der Waals surface area (Å²) in [7, 11) is 7.33. The number of allylic oxidation sites excluding steroid dienone is 1. The molecule has 4 aliphatic rings. The molecule has 0 aliphatic carbocycles. The number of nitrogens with one attached hydrogen (secondary N) is 2. The smallest absolute Gasteiger partial charge is 0.222 e. The first-order chi connectivity index (χ1) is 26.9. The van der Waals surface area contributed by atoms with Crippen molar-refractivity contribution in [3.63, 3.8) is 0 Å². The molecule has 4 heterocycles. The maximum atomic E-state index is 13.4. The molecular formula is C44H57N5O7. The highest BCUT2D eigenvalue weighted by Gasteiger charge is 2.41. The predicted octanol–water partition coefficient (Wildman–Crippen LogP) is 5.56. The zero-order valence-corrected chi connectivity index (χ0v) is 34.0. The number of nitrogens with zero attached hydrogens (tertiary/aromatic N) is 3. The van der Waals surface area contributed by atoms with Gasteiger partial charge in [-0.05, 0) is 61.6 Å². The van der Waals surface area contributed by atoms with Crippen molar-refractivity contribution in [2.75, 3.05) is 74.3 Å². The van der Waals surface area contributed by atoms with Crippen LogP contribution in [0.3, 0.4) is 0 Å². The summed E-state index contributed by atoms with van der Waals surface area (Å²) in [6, 6.07) is 9.32. The van der Waals surface area contributed by atoms with Crippen molar-refractivity contribution in [1.82, 2.24) is 25.3 Å². The summed E-state index contributed by atoms with van der Waals surface area (Å²) in [5, 5.41) is 6.66. The molecule has 2 N–H and O–H groups in total. The van der Waals surface area contributed by atoms with Crippen molar-refractivity contribution in [3.05, 3.63) is 94.1 Å². The van der Waals surface area contributed by atoms with E-state index in [1.807, 2.05) is 32.8 Å². The summed E-state index contributed by atoms with van der Waals surface area (Å²) in [5.74, 6) is 2.40. The fourth-order valence-electron chi connectivity index (χ4n) is 8.10. The summed E-state index contributed by atoms with van der Waals surface area (Å²) in [6.07, 6.45) is 6.64. The highest BCUT2D eigenvalue weighted by molar-refractivity contribution is 6.10. The number of likely N-dealkylation sites (N-methyl/N-ethyl adjacent to an activating group) is 1. The molecule has 12 nitrogen and oxygen atoms in total. The van der Waals surface area contributed by atoms with Crippen molar-refractivity contribution in [2.24, 2.45) is 5.92 Å². The van der Waals surface area contributed by atoms with Gasteiger partial charge in [0.1, 0.15) is 17.2 Å². The van der Waals surface area contributed by atoms with Crippen LogP contribution in [0.2, 0.25) is 0 Å². The van der Waals surface area contributed by atoms with Crippen LogP contribution in [0.4, 0.5) is 0 Å². The lowest BCUT2D eigenvalue weighted by molar-refractivity contribution is -0.159. The van der Waals surface area contributed by atoms with Gasteiger partial charge in [-0.2, -0.15) is 0 Å². The molecule has 1 spiro atoms. The Kier molecular flexibility index (Phi) is 12.6. The van der Waals surface area contributed by atoms with Crippen LogP contribution in [0, 0.1) is 5.92 Å². The van der Waals surface area contributed by atoms with Crippen molar-refractivity contribution in [3.8, 4) is 17.2 Å². The van der Waals surface area contributed by atoms with Crippen molar-refractivity contribution in [1.29, 1.82) is 0 Å². The molecule has 0 aromatic heterocycles. The number of morpholine rings is 1.